The summed E-state index contributed by atoms with van der Waals surface area (Å²) < 4.78 is 5.02. The highest BCUT2D eigenvalue weighted by atomic mass is 16.5. The van der Waals surface area contributed by atoms with Crippen LogP contribution in [-0.2, 0) is 9.53 Å². The van der Waals surface area contributed by atoms with Crippen molar-refractivity contribution in [2.24, 2.45) is 5.92 Å². The topological polar surface area (TPSA) is 26.3 Å². The van der Waals surface area contributed by atoms with E-state index in [9.17, 15) is 4.79 Å². The molecule has 1 fully saturated rings. The quantitative estimate of drug-likeness (QED) is 0.393. The SMILES string of the molecule is CC(C)OC(=O)C=CCCCC1CCCCC1. The Balaban J connectivity index is 2.02. The van der Waals surface area contributed by atoms with Crippen molar-refractivity contribution in [3.05, 3.63) is 12.2 Å². The van der Waals surface area contributed by atoms with Gasteiger partial charge in [-0.25, -0.2) is 4.79 Å². The zero-order valence-electron chi connectivity index (χ0n) is 11.3. The molecule has 2 nitrogen and oxygen atoms in total. The van der Waals surface area contributed by atoms with Gasteiger partial charge in [0.2, 0.25) is 0 Å². The van der Waals surface area contributed by atoms with Crippen LogP contribution in [0.25, 0.3) is 0 Å². The number of hydrogen-bond acceptors (Lipinski definition) is 2. The Bertz CT molecular complexity index is 237. The molecule has 0 spiro atoms. The van der Waals surface area contributed by atoms with Crippen LogP contribution in [0.15, 0.2) is 12.2 Å². The van der Waals surface area contributed by atoms with Crippen molar-refractivity contribution in [1.82, 2.24) is 0 Å². The van der Waals surface area contributed by atoms with E-state index in [2.05, 4.69) is 0 Å². The molecule has 98 valence electrons. The summed E-state index contributed by atoms with van der Waals surface area (Å²) in [5.74, 6) is 0.734. The molecule has 2 heteroatoms. The Labute approximate surface area is 105 Å². The van der Waals surface area contributed by atoms with Crippen molar-refractivity contribution < 1.29 is 9.53 Å². The molecule has 0 amide bonds. The highest BCUT2D eigenvalue weighted by Gasteiger charge is 2.12. The number of ether oxygens (including phenoxy) is 1. The largest absolute Gasteiger partial charge is 0.460 e. The van der Waals surface area contributed by atoms with Gasteiger partial charge < -0.3 is 4.74 Å². The minimum absolute atomic E-state index is 0.0191. The van der Waals surface area contributed by atoms with Gasteiger partial charge >= 0.3 is 5.97 Å². The summed E-state index contributed by atoms with van der Waals surface area (Å²) in [5.41, 5.74) is 0. The van der Waals surface area contributed by atoms with Crippen LogP contribution in [0, 0.1) is 5.92 Å². The summed E-state index contributed by atoms with van der Waals surface area (Å²) in [6.45, 7) is 3.74. The van der Waals surface area contributed by atoms with Crippen LogP contribution in [-0.4, -0.2) is 12.1 Å². The van der Waals surface area contributed by atoms with Gasteiger partial charge in [0.1, 0.15) is 0 Å². The first-order chi connectivity index (χ1) is 8.18. The molecule has 0 saturated heterocycles. The van der Waals surface area contributed by atoms with Crippen LogP contribution >= 0.6 is 0 Å². The van der Waals surface area contributed by atoms with Gasteiger partial charge in [-0.05, 0) is 32.6 Å². The minimum Gasteiger partial charge on any atom is -0.460 e. The van der Waals surface area contributed by atoms with Gasteiger partial charge in [-0.2, -0.15) is 0 Å². The standard InChI is InChI=1S/C15H26O2/c1-13(2)17-15(16)12-8-4-7-11-14-9-5-3-6-10-14/h8,12-14H,3-7,9-11H2,1-2H3. The van der Waals surface area contributed by atoms with Crippen LogP contribution in [0.3, 0.4) is 0 Å². The second kappa shape index (κ2) is 8.32. The normalized spacial score (nSPS) is 17.8. The second-order valence-electron chi connectivity index (χ2n) is 5.32. The third kappa shape index (κ3) is 7.19. The molecular formula is C15H26O2. The van der Waals surface area contributed by atoms with Crippen LogP contribution < -0.4 is 0 Å². The fraction of sp³-hybridized carbons (Fsp3) is 0.800. The third-order valence-corrected chi connectivity index (χ3v) is 3.31. The highest BCUT2D eigenvalue weighted by Crippen LogP contribution is 2.27. The van der Waals surface area contributed by atoms with Crippen LogP contribution in [0.5, 0.6) is 0 Å². The molecular weight excluding hydrogens is 212 g/mol. The Morgan fingerprint density at radius 1 is 1.29 bits per heavy atom. The zero-order chi connectivity index (χ0) is 12.5. The number of carbonyl (C=O) groups is 1. The van der Waals surface area contributed by atoms with E-state index in [1.54, 1.807) is 6.08 Å². The number of carbonyl (C=O) groups excluding carboxylic acids is 1. The number of hydrogen-bond donors (Lipinski definition) is 0. The molecule has 0 aromatic carbocycles. The first-order valence-corrected chi connectivity index (χ1v) is 7.05. The summed E-state index contributed by atoms with van der Waals surface area (Å²) in [4.78, 5) is 11.2. The molecule has 0 aromatic rings. The fourth-order valence-corrected chi connectivity index (χ4v) is 2.45. The summed E-state index contributed by atoms with van der Waals surface area (Å²) in [6.07, 6.45) is 14.1. The van der Waals surface area contributed by atoms with E-state index in [1.807, 2.05) is 19.9 Å². The minimum atomic E-state index is -0.210. The molecule has 17 heavy (non-hydrogen) atoms. The lowest BCUT2D eigenvalue weighted by Crippen LogP contribution is -2.08. The molecule has 1 rings (SSSR count). The van der Waals surface area contributed by atoms with Gasteiger partial charge in [-0.15, -0.1) is 0 Å². The first kappa shape index (κ1) is 14.3. The molecule has 0 aromatic heterocycles. The van der Waals surface area contributed by atoms with E-state index in [0.29, 0.717) is 0 Å². The predicted octanol–water partition coefficient (Wildman–Crippen LogP) is 4.24. The van der Waals surface area contributed by atoms with Crippen molar-refractivity contribution in [3.8, 4) is 0 Å². The first-order valence-electron chi connectivity index (χ1n) is 7.05. The summed E-state index contributed by atoms with van der Waals surface area (Å²) >= 11 is 0. The molecule has 0 bridgehead atoms. The third-order valence-electron chi connectivity index (χ3n) is 3.31. The average molecular weight is 238 g/mol. The molecule has 0 N–H and O–H groups in total. The molecule has 1 saturated carbocycles. The molecule has 0 atom stereocenters. The maximum atomic E-state index is 11.2. The van der Waals surface area contributed by atoms with E-state index in [0.717, 1.165) is 12.3 Å². The van der Waals surface area contributed by atoms with E-state index < -0.39 is 0 Å². The van der Waals surface area contributed by atoms with E-state index in [-0.39, 0.29) is 12.1 Å². The maximum absolute atomic E-state index is 11.2. The molecule has 0 unspecified atom stereocenters. The fourth-order valence-electron chi connectivity index (χ4n) is 2.45. The number of allylic oxidation sites excluding steroid dienone is 1. The van der Waals surface area contributed by atoms with Crippen molar-refractivity contribution in [1.29, 1.82) is 0 Å². The molecule has 1 aliphatic rings. The second-order valence-corrected chi connectivity index (χ2v) is 5.32. The van der Waals surface area contributed by atoms with Crippen LogP contribution in [0.4, 0.5) is 0 Å². The lowest BCUT2D eigenvalue weighted by molar-refractivity contribution is -0.141. The number of esters is 1. The Hall–Kier alpha value is -0.790. The molecule has 0 heterocycles. The van der Waals surface area contributed by atoms with Crippen molar-refractivity contribution in [2.75, 3.05) is 0 Å². The smallest absolute Gasteiger partial charge is 0.330 e. The Morgan fingerprint density at radius 3 is 2.65 bits per heavy atom. The number of rotatable bonds is 6. The van der Waals surface area contributed by atoms with Gasteiger partial charge in [0.05, 0.1) is 6.10 Å². The summed E-state index contributed by atoms with van der Waals surface area (Å²) in [6, 6.07) is 0. The van der Waals surface area contributed by atoms with E-state index in [1.165, 1.54) is 44.9 Å². The average Bonchev–Trinajstić information content (AvgIpc) is 2.29. The van der Waals surface area contributed by atoms with Crippen molar-refractivity contribution >= 4 is 5.97 Å². The van der Waals surface area contributed by atoms with Crippen molar-refractivity contribution in [2.45, 2.75) is 71.3 Å². The van der Waals surface area contributed by atoms with Gasteiger partial charge in [0, 0.05) is 6.08 Å². The summed E-state index contributed by atoms with van der Waals surface area (Å²) in [5, 5.41) is 0. The van der Waals surface area contributed by atoms with Crippen LogP contribution in [0.1, 0.15) is 65.2 Å². The highest BCUT2D eigenvalue weighted by molar-refractivity contribution is 5.81. The summed E-state index contributed by atoms with van der Waals surface area (Å²) in [7, 11) is 0. The predicted molar refractivity (Wildman–Crippen MR) is 70.8 cm³/mol. The Morgan fingerprint density at radius 2 is 2.00 bits per heavy atom. The van der Waals surface area contributed by atoms with Gasteiger partial charge in [-0.3, -0.25) is 0 Å². The Kier molecular flexibility index (Phi) is 6.99. The molecule has 1 aliphatic carbocycles. The number of unbranched alkanes of at least 4 members (excludes halogenated alkanes) is 1. The van der Waals surface area contributed by atoms with Gasteiger partial charge in [0.25, 0.3) is 0 Å². The zero-order valence-corrected chi connectivity index (χ0v) is 11.3. The van der Waals surface area contributed by atoms with Gasteiger partial charge in [0.15, 0.2) is 0 Å². The molecule has 0 aliphatic heterocycles. The lowest BCUT2D eigenvalue weighted by atomic mass is 9.86. The van der Waals surface area contributed by atoms with Gasteiger partial charge in [-0.1, -0.05) is 44.6 Å². The van der Waals surface area contributed by atoms with Crippen molar-refractivity contribution in [3.63, 3.8) is 0 Å². The molecule has 0 radical (unpaired) electrons. The monoisotopic (exact) mass is 238 g/mol. The van der Waals surface area contributed by atoms with E-state index >= 15 is 0 Å². The van der Waals surface area contributed by atoms with E-state index in [4.69, 9.17) is 4.74 Å². The lowest BCUT2D eigenvalue weighted by Gasteiger charge is -2.20. The van der Waals surface area contributed by atoms with Crippen LogP contribution in [0.2, 0.25) is 0 Å². The maximum Gasteiger partial charge on any atom is 0.330 e.